The van der Waals surface area contributed by atoms with Gasteiger partial charge in [0.1, 0.15) is 0 Å². The Kier molecular flexibility index (Phi) is 6.45. The second-order valence-electron chi connectivity index (χ2n) is 1.84. The van der Waals surface area contributed by atoms with Crippen molar-refractivity contribution in [3.05, 3.63) is 12.7 Å². The highest BCUT2D eigenvalue weighted by Gasteiger charge is 1.79. The van der Waals surface area contributed by atoms with E-state index in [-0.39, 0.29) is 6.61 Å². The van der Waals surface area contributed by atoms with Crippen molar-refractivity contribution >= 4 is 0 Å². The Morgan fingerprint density at radius 2 is 2.00 bits per heavy atom. The highest BCUT2D eigenvalue weighted by atomic mass is 16.2. The molecular formula is C7H13O-. The zero-order chi connectivity index (χ0) is 6.24. The lowest BCUT2D eigenvalue weighted by molar-refractivity contribution is -0.368. The first kappa shape index (κ1) is 7.70. The fraction of sp³-hybridized carbons (Fsp3) is 0.714. The summed E-state index contributed by atoms with van der Waals surface area (Å²) in [6, 6.07) is 0. The van der Waals surface area contributed by atoms with Gasteiger partial charge in [-0.25, -0.2) is 0 Å². The summed E-state index contributed by atoms with van der Waals surface area (Å²) in [5.41, 5.74) is 0. The molecule has 0 heterocycles. The van der Waals surface area contributed by atoms with Crippen LogP contribution in [0.15, 0.2) is 12.7 Å². The second kappa shape index (κ2) is 6.70. The maximum Gasteiger partial charge on any atom is -0.0353 e. The first-order valence-electron chi connectivity index (χ1n) is 3.11. The van der Waals surface area contributed by atoms with E-state index < -0.39 is 0 Å². The predicted molar refractivity (Wildman–Crippen MR) is 33.5 cm³/mol. The van der Waals surface area contributed by atoms with Gasteiger partial charge in [-0.05, 0) is 12.8 Å². The van der Waals surface area contributed by atoms with Crippen LogP contribution in [-0.2, 0) is 0 Å². The van der Waals surface area contributed by atoms with Crippen molar-refractivity contribution in [3.8, 4) is 0 Å². The van der Waals surface area contributed by atoms with Crippen LogP contribution in [-0.4, -0.2) is 6.61 Å². The minimum absolute atomic E-state index is 0.0805. The molecule has 0 spiro atoms. The summed E-state index contributed by atoms with van der Waals surface area (Å²) >= 11 is 0. The van der Waals surface area contributed by atoms with Crippen LogP contribution in [0.3, 0.4) is 0 Å². The molecule has 48 valence electrons. The largest absolute Gasteiger partial charge is 0.854 e. The van der Waals surface area contributed by atoms with E-state index in [2.05, 4.69) is 6.58 Å². The average molecular weight is 113 g/mol. The molecule has 0 saturated heterocycles. The van der Waals surface area contributed by atoms with Gasteiger partial charge in [0.2, 0.25) is 0 Å². The van der Waals surface area contributed by atoms with E-state index in [0.29, 0.717) is 0 Å². The van der Waals surface area contributed by atoms with Gasteiger partial charge in [0.15, 0.2) is 0 Å². The van der Waals surface area contributed by atoms with Gasteiger partial charge in [-0.2, -0.15) is 0 Å². The molecule has 0 aromatic heterocycles. The molecule has 1 heteroatoms. The highest BCUT2D eigenvalue weighted by Crippen LogP contribution is 1.97. The molecule has 0 aliphatic heterocycles. The van der Waals surface area contributed by atoms with Crippen LogP contribution < -0.4 is 5.11 Å². The van der Waals surface area contributed by atoms with Crippen molar-refractivity contribution in [1.82, 2.24) is 0 Å². The molecule has 0 unspecified atom stereocenters. The number of hydrogen-bond acceptors (Lipinski definition) is 1. The van der Waals surface area contributed by atoms with Crippen molar-refractivity contribution in [2.75, 3.05) is 6.61 Å². The minimum atomic E-state index is 0.0805. The molecule has 0 N–H and O–H groups in total. The molecule has 0 amide bonds. The van der Waals surface area contributed by atoms with Crippen LogP contribution >= 0.6 is 0 Å². The molecule has 0 fully saturated rings. The average Bonchev–Trinajstić information content (AvgIpc) is 1.81. The van der Waals surface area contributed by atoms with Crippen LogP contribution in [0, 0.1) is 0 Å². The molecule has 0 saturated carbocycles. The number of rotatable bonds is 5. The first-order chi connectivity index (χ1) is 3.91. The summed E-state index contributed by atoms with van der Waals surface area (Å²) in [6.45, 7) is 3.66. The van der Waals surface area contributed by atoms with E-state index >= 15 is 0 Å². The fourth-order valence-electron chi connectivity index (χ4n) is 0.568. The maximum absolute atomic E-state index is 9.87. The first-order valence-corrected chi connectivity index (χ1v) is 3.11. The number of hydrogen-bond donors (Lipinski definition) is 0. The van der Waals surface area contributed by atoms with Gasteiger partial charge < -0.3 is 5.11 Å². The van der Waals surface area contributed by atoms with E-state index in [0.717, 1.165) is 25.7 Å². The summed E-state index contributed by atoms with van der Waals surface area (Å²) in [7, 11) is 0. The lowest BCUT2D eigenvalue weighted by Crippen LogP contribution is -2.04. The Balaban J connectivity index is 2.62. The van der Waals surface area contributed by atoms with E-state index in [4.69, 9.17) is 0 Å². The predicted octanol–water partition coefficient (Wildman–Crippen LogP) is 1.09. The summed E-state index contributed by atoms with van der Waals surface area (Å²) < 4.78 is 0. The Bertz CT molecular complexity index is 50.3. The molecule has 0 aromatic carbocycles. The third kappa shape index (κ3) is 5.70. The molecule has 0 radical (unpaired) electrons. The van der Waals surface area contributed by atoms with Crippen LogP contribution in [0.2, 0.25) is 0 Å². The van der Waals surface area contributed by atoms with Crippen LogP contribution in [0.25, 0.3) is 0 Å². The molecule has 0 rings (SSSR count). The van der Waals surface area contributed by atoms with Crippen molar-refractivity contribution in [2.45, 2.75) is 25.7 Å². The highest BCUT2D eigenvalue weighted by molar-refractivity contribution is 4.64. The summed E-state index contributed by atoms with van der Waals surface area (Å²) in [5.74, 6) is 0. The Hall–Kier alpha value is -0.300. The molecule has 0 atom stereocenters. The van der Waals surface area contributed by atoms with E-state index in [1.165, 1.54) is 0 Å². The molecule has 0 aliphatic carbocycles. The SMILES string of the molecule is C=CCCCCC[O-]. The van der Waals surface area contributed by atoms with Crippen molar-refractivity contribution in [3.63, 3.8) is 0 Å². The van der Waals surface area contributed by atoms with Gasteiger partial charge in [0.05, 0.1) is 0 Å². The molecule has 1 nitrogen and oxygen atoms in total. The van der Waals surface area contributed by atoms with E-state index in [1.807, 2.05) is 6.08 Å². The third-order valence-electron chi connectivity index (χ3n) is 1.05. The van der Waals surface area contributed by atoms with Gasteiger partial charge >= 0.3 is 0 Å². The maximum atomic E-state index is 9.87. The molecule has 0 aliphatic rings. The monoisotopic (exact) mass is 113 g/mol. The zero-order valence-corrected chi connectivity index (χ0v) is 5.23. The molecule has 0 bridgehead atoms. The van der Waals surface area contributed by atoms with Gasteiger partial charge in [0.25, 0.3) is 0 Å². The molecular weight excluding hydrogens is 100 g/mol. The van der Waals surface area contributed by atoms with Crippen LogP contribution in [0.1, 0.15) is 25.7 Å². The van der Waals surface area contributed by atoms with Gasteiger partial charge in [-0.3, -0.25) is 0 Å². The van der Waals surface area contributed by atoms with E-state index in [1.54, 1.807) is 0 Å². The number of unbranched alkanes of at least 4 members (excludes halogenated alkanes) is 3. The van der Waals surface area contributed by atoms with E-state index in [9.17, 15) is 5.11 Å². The fourth-order valence-corrected chi connectivity index (χ4v) is 0.568. The normalized spacial score (nSPS) is 9.12. The van der Waals surface area contributed by atoms with Crippen molar-refractivity contribution in [1.29, 1.82) is 0 Å². The van der Waals surface area contributed by atoms with Gasteiger partial charge in [0, 0.05) is 0 Å². The minimum Gasteiger partial charge on any atom is -0.854 e. The summed E-state index contributed by atoms with van der Waals surface area (Å²) in [6.07, 6.45) is 5.97. The van der Waals surface area contributed by atoms with Crippen molar-refractivity contribution < 1.29 is 5.11 Å². The lowest BCUT2D eigenvalue weighted by atomic mass is 10.2. The quantitative estimate of drug-likeness (QED) is 0.386. The van der Waals surface area contributed by atoms with Crippen molar-refractivity contribution in [2.24, 2.45) is 0 Å². The molecule has 0 aromatic rings. The third-order valence-corrected chi connectivity index (χ3v) is 1.05. The summed E-state index contributed by atoms with van der Waals surface area (Å²) in [5, 5.41) is 9.87. The molecule has 8 heavy (non-hydrogen) atoms. The number of allylic oxidation sites excluding steroid dienone is 1. The standard InChI is InChI=1S/C7H13O/c1-2-3-4-5-6-7-8/h2H,1,3-7H2/q-1. The van der Waals surface area contributed by atoms with Crippen LogP contribution in [0.5, 0.6) is 0 Å². The van der Waals surface area contributed by atoms with Gasteiger partial charge in [-0.1, -0.05) is 18.9 Å². The Morgan fingerprint density at radius 1 is 1.25 bits per heavy atom. The zero-order valence-electron chi connectivity index (χ0n) is 5.23. The summed E-state index contributed by atoms with van der Waals surface area (Å²) in [4.78, 5) is 0. The topological polar surface area (TPSA) is 23.1 Å². The van der Waals surface area contributed by atoms with Gasteiger partial charge in [-0.15, -0.1) is 13.2 Å². The van der Waals surface area contributed by atoms with Crippen LogP contribution in [0.4, 0.5) is 0 Å². The second-order valence-corrected chi connectivity index (χ2v) is 1.84. The Morgan fingerprint density at radius 3 is 2.50 bits per heavy atom. The Labute approximate surface area is 51.0 Å². The smallest absolute Gasteiger partial charge is 0.0353 e. The lowest BCUT2D eigenvalue weighted by Gasteiger charge is -1.99.